The van der Waals surface area contributed by atoms with Crippen molar-refractivity contribution in [1.82, 2.24) is 0 Å². The Balaban J connectivity index is 2.74. The first-order valence-electron chi connectivity index (χ1n) is 4.66. The van der Waals surface area contributed by atoms with E-state index in [1.54, 1.807) is 13.8 Å². The van der Waals surface area contributed by atoms with Crippen molar-refractivity contribution in [3.8, 4) is 0 Å². The van der Waals surface area contributed by atoms with Crippen LogP contribution in [0.5, 0.6) is 0 Å². The summed E-state index contributed by atoms with van der Waals surface area (Å²) < 4.78 is 27.4. The first kappa shape index (κ1) is 11.9. The van der Waals surface area contributed by atoms with Crippen molar-refractivity contribution in [3.63, 3.8) is 0 Å². The Bertz CT molecular complexity index is 418. The zero-order valence-corrected chi connectivity index (χ0v) is 9.57. The third-order valence-electron chi connectivity index (χ3n) is 1.55. The highest BCUT2D eigenvalue weighted by atomic mass is 32.2. The van der Waals surface area contributed by atoms with Crippen LogP contribution in [-0.4, -0.2) is 14.5 Å². The highest BCUT2D eigenvalue weighted by Gasteiger charge is 2.07. The van der Waals surface area contributed by atoms with Crippen LogP contribution in [0.25, 0.3) is 6.08 Å². The van der Waals surface area contributed by atoms with Crippen LogP contribution >= 0.6 is 0 Å². The Morgan fingerprint density at radius 1 is 1.20 bits per heavy atom. The van der Waals surface area contributed by atoms with E-state index in [0.717, 1.165) is 11.0 Å². The third kappa shape index (κ3) is 4.76. The maximum absolute atomic E-state index is 11.3. The van der Waals surface area contributed by atoms with E-state index in [4.69, 9.17) is 4.18 Å². The molecule has 15 heavy (non-hydrogen) atoms. The second-order valence-electron chi connectivity index (χ2n) is 3.35. The lowest BCUT2D eigenvalue weighted by Gasteiger charge is -2.03. The van der Waals surface area contributed by atoms with Gasteiger partial charge in [-0.2, -0.15) is 8.42 Å². The van der Waals surface area contributed by atoms with Gasteiger partial charge < -0.3 is 0 Å². The van der Waals surface area contributed by atoms with E-state index in [-0.39, 0.29) is 6.10 Å². The van der Waals surface area contributed by atoms with Gasteiger partial charge in [0.25, 0.3) is 10.1 Å². The van der Waals surface area contributed by atoms with Gasteiger partial charge in [0, 0.05) is 0 Å². The SMILES string of the molecule is CC(C)OS(=O)(=O)/C=C/c1ccccc1. The minimum absolute atomic E-state index is 0.338. The van der Waals surface area contributed by atoms with Crippen LogP contribution < -0.4 is 0 Å². The lowest BCUT2D eigenvalue weighted by Crippen LogP contribution is -2.08. The number of hydrogen-bond acceptors (Lipinski definition) is 3. The summed E-state index contributed by atoms with van der Waals surface area (Å²) in [6, 6.07) is 9.20. The van der Waals surface area contributed by atoms with Gasteiger partial charge in [0.15, 0.2) is 0 Å². The summed E-state index contributed by atoms with van der Waals surface area (Å²) in [4.78, 5) is 0. The Morgan fingerprint density at radius 3 is 2.33 bits per heavy atom. The molecule has 0 amide bonds. The monoisotopic (exact) mass is 226 g/mol. The van der Waals surface area contributed by atoms with Crippen LogP contribution in [0.3, 0.4) is 0 Å². The third-order valence-corrected chi connectivity index (χ3v) is 2.68. The summed E-state index contributed by atoms with van der Waals surface area (Å²) >= 11 is 0. The zero-order valence-electron chi connectivity index (χ0n) is 8.75. The Morgan fingerprint density at radius 2 is 1.80 bits per heavy atom. The van der Waals surface area contributed by atoms with Gasteiger partial charge in [0.2, 0.25) is 0 Å². The van der Waals surface area contributed by atoms with Gasteiger partial charge in [-0.1, -0.05) is 30.3 Å². The summed E-state index contributed by atoms with van der Waals surface area (Å²) in [5, 5.41) is 1.07. The van der Waals surface area contributed by atoms with Gasteiger partial charge in [-0.25, -0.2) is 0 Å². The molecular weight excluding hydrogens is 212 g/mol. The van der Waals surface area contributed by atoms with Crippen molar-refractivity contribution in [2.75, 3.05) is 0 Å². The number of rotatable bonds is 4. The van der Waals surface area contributed by atoms with E-state index < -0.39 is 10.1 Å². The molecule has 82 valence electrons. The Hall–Kier alpha value is -1.13. The maximum Gasteiger partial charge on any atom is 0.290 e. The molecule has 1 aromatic carbocycles. The second kappa shape index (κ2) is 5.09. The van der Waals surface area contributed by atoms with Crippen molar-refractivity contribution in [2.45, 2.75) is 20.0 Å². The molecule has 1 aromatic rings. The molecule has 0 unspecified atom stereocenters. The minimum Gasteiger partial charge on any atom is -0.264 e. The first-order valence-corrected chi connectivity index (χ1v) is 6.13. The molecule has 0 heterocycles. The van der Waals surface area contributed by atoms with E-state index in [2.05, 4.69) is 0 Å². The average Bonchev–Trinajstić information content (AvgIpc) is 2.15. The van der Waals surface area contributed by atoms with Crippen molar-refractivity contribution in [3.05, 3.63) is 41.3 Å². The highest BCUT2D eigenvalue weighted by molar-refractivity contribution is 7.89. The molecular formula is C11H14O3S. The molecule has 0 spiro atoms. The molecule has 0 saturated heterocycles. The number of benzene rings is 1. The van der Waals surface area contributed by atoms with E-state index in [1.165, 1.54) is 6.08 Å². The minimum atomic E-state index is -3.56. The summed E-state index contributed by atoms with van der Waals surface area (Å²) in [5.41, 5.74) is 0.827. The lowest BCUT2D eigenvalue weighted by molar-refractivity contribution is 0.253. The van der Waals surface area contributed by atoms with Crippen LogP contribution in [0.2, 0.25) is 0 Å². The zero-order chi connectivity index (χ0) is 11.3. The van der Waals surface area contributed by atoms with Gasteiger partial charge in [-0.15, -0.1) is 0 Å². The Labute approximate surface area is 90.5 Å². The predicted octanol–water partition coefficient (Wildman–Crippen LogP) is 2.41. The van der Waals surface area contributed by atoms with Gasteiger partial charge >= 0.3 is 0 Å². The van der Waals surface area contributed by atoms with Crippen molar-refractivity contribution in [1.29, 1.82) is 0 Å². The summed E-state index contributed by atoms with van der Waals surface area (Å²) in [6.45, 7) is 3.35. The number of hydrogen-bond donors (Lipinski definition) is 0. The summed E-state index contributed by atoms with van der Waals surface area (Å²) in [6.07, 6.45) is 1.17. The van der Waals surface area contributed by atoms with E-state index in [1.807, 2.05) is 30.3 Å². The molecule has 0 aliphatic rings. The van der Waals surface area contributed by atoms with Gasteiger partial charge in [-0.05, 0) is 25.5 Å². The molecule has 3 nitrogen and oxygen atoms in total. The van der Waals surface area contributed by atoms with E-state index >= 15 is 0 Å². The predicted molar refractivity (Wildman–Crippen MR) is 60.6 cm³/mol. The standard InChI is InChI=1S/C11H14O3S/c1-10(2)14-15(12,13)9-8-11-6-4-3-5-7-11/h3-10H,1-2H3/b9-8+. The fourth-order valence-corrected chi connectivity index (χ4v) is 1.95. The molecule has 1 rings (SSSR count). The largest absolute Gasteiger partial charge is 0.290 e. The highest BCUT2D eigenvalue weighted by Crippen LogP contribution is 2.06. The maximum atomic E-state index is 11.3. The smallest absolute Gasteiger partial charge is 0.264 e. The topological polar surface area (TPSA) is 43.4 Å². The van der Waals surface area contributed by atoms with Gasteiger partial charge in [0.1, 0.15) is 0 Å². The summed E-state index contributed by atoms with van der Waals surface area (Å²) in [7, 11) is -3.56. The Kier molecular flexibility index (Phi) is 4.05. The second-order valence-corrected chi connectivity index (χ2v) is 4.80. The van der Waals surface area contributed by atoms with Crippen LogP contribution in [0.1, 0.15) is 19.4 Å². The fourth-order valence-electron chi connectivity index (χ4n) is 1.03. The molecule has 0 bridgehead atoms. The molecule has 0 N–H and O–H groups in total. The quantitative estimate of drug-likeness (QED) is 0.740. The molecule has 4 heteroatoms. The van der Waals surface area contributed by atoms with Gasteiger partial charge in [0.05, 0.1) is 11.5 Å². The fraction of sp³-hybridized carbons (Fsp3) is 0.273. The molecule has 0 aliphatic carbocycles. The molecule has 0 saturated carbocycles. The summed E-state index contributed by atoms with van der Waals surface area (Å²) in [5.74, 6) is 0. The first-order chi connectivity index (χ1) is 6.99. The van der Waals surface area contributed by atoms with Gasteiger partial charge in [-0.3, -0.25) is 4.18 Å². The molecule has 0 aromatic heterocycles. The molecule has 0 radical (unpaired) electrons. The average molecular weight is 226 g/mol. The van der Waals surface area contributed by atoms with Crippen molar-refractivity contribution in [2.24, 2.45) is 0 Å². The van der Waals surface area contributed by atoms with Crippen LogP contribution in [0, 0.1) is 0 Å². The molecule has 0 fully saturated rings. The van der Waals surface area contributed by atoms with E-state index in [0.29, 0.717) is 0 Å². The van der Waals surface area contributed by atoms with Crippen LogP contribution in [0.15, 0.2) is 35.7 Å². The van der Waals surface area contributed by atoms with Crippen molar-refractivity contribution >= 4 is 16.2 Å². The van der Waals surface area contributed by atoms with Crippen molar-refractivity contribution < 1.29 is 12.6 Å². The normalized spacial score (nSPS) is 12.5. The van der Waals surface area contributed by atoms with Crippen LogP contribution in [0.4, 0.5) is 0 Å². The molecule has 0 atom stereocenters. The van der Waals surface area contributed by atoms with E-state index in [9.17, 15) is 8.42 Å². The van der Waals surface area contributed by atoms with Crippen LogP contribution in [-0.2, 0) is 14.3 Å². The lowest BCUT2D eigenvalue weighted by atomic mass is 10.2. The molecule has 0 aliphatic heterocycles.